The van der Waals surface area contributed by atoms with Crippen LogP contribution in [0.25, 0.3) is 0 Å². The maximum atomic E-state index is 12.2. The summed E-state index contributed by atoms with van der Waals surface area (Å²) in [5.74, 6) is 1.41. The van der Waals surface area contributed by atoms with Crippen LogP contribution in [-0.2, 0) is 7.05 Å². The molecule has 0 aliphatic rings. The van der Waals surface area contributed by atoms with Gasteiger partial charge in [0.25, 0.3) is 0 Å². The first-order chi connectivity index (χ1) is 11.5. The molecule has 0 aliphatic heterocycles. The second-order valence-electron chi connectivity index (χ2n) is 5.51. The van der Waals surface area contributed by atoms with Crippen LogP contribution >= 0.6 is 0 Å². The lowest BCUT2D eigenvalue weighted by molar-refractivity contribution is 0.215. The van der Waals surface area contributed by atoms with Gasteiger partial charge in [0, 0.05) is 26.8 Å². The van der Waals surface area contributed by atoms with Crippen molar-refractivity contribution in [1.82, 2.24) is 14.7 Å². The van der Waals surface area contributed by atoms with E-state index in [1.165, 1.54) is 0 Å². The number of amides is 2. The number of methoxy groups -OCH3 is 1. The molecule has 1 aromatic carbocycles. The van der Waals surface area contributed by atoms with Gasteiger partial charge in [0.1, 0.15) is 0 Å². The summed E-state index contributed by atoms with van der Waals surface area (Å²) in [6.45, 7) is 2.95. The molecule has 0 bridgehead atoms. The van der Waals surface area contributed by atoms with Crippen molar-refractivity contribution in [3.63, 3.8) is 0 Å². The van der Waals surface area contributed by atoms with Crippen LogP contribution in [0.1, 0.15) is 12.1 Å². The van der Waals surface area contributed by atoms with Crippen molar-refractivity contribution in [2.24, 2.45) is 7.05 Å². The molecular formula is C17H24N4O3. The van der Waals surface area contributed by atoms with E-state index in [9.17, 15) is 4.79 Å². The maximum absolute atomic E-state index is 12.2. The van der Waals surface area contributed by atoms with Crippen molar-refractivity contribution >= 4 is 11.7 Å². The van der Waals surface area contributed by atoms with Crippen LogP contribution in [0, 0.1) is 6.92 Å². The molecule has 7 heteroatoms. The number of benzene rings is 1. The molecule has 0 saturated heterocycles. The zero-order valence-electron chi connectivity index (χ0n) is 14.6. The zero-order valence-corrected chi connectivity index (χ0v) is 14.6. The van der Waals surface area contributed by atoms with Gasteiger partial charge in [0.05, 0.1) is 25.1 Å². The Morgan fingerprint density at radius 2 is 2.04 bits per heavy atom. The summed E-state index contributed by atoms with van der Waals surface area (Å²) in [5, 5.41) is 7.05. The fraction of sp³-hybridized carbons (Fsp3) is 0.412. The lowest BCUT2D eigenvalue weighted by atomic mass is 10.3. The molecule has 0 spiro atoms. The van der Waals surface area contributed by atoms with E-state index in [1.54, 1.807) is 29.9 Å². The Kier molecular flexibility index (Phi) is 6.06. The van der Waals surface area contributed by atoms with Crippen LogP contribution in [0.2, 0.25) is 0 Å². The number of rotatable bonds is 7. The van der Waals surface area contributed by atoms with Crippen LogP contribution in [0.5, 0.6) is 11.5 Å². The number of aryl methyl sites for hydroxylation is 2. The summed E-state index contributed by atoms with van der Waals surface area (Å²) in [6, 6.07) is 7.34. The third kappa shape index (κ3) is 4.65. The van der Waals surface area contributed by atoms with Crippen molar-refractivity contribution in [2.45, 2.75) is 13.3 Å². The normalized spacial score (nSPS) is 10.3. The van der Waals surface area contributed by atoms with E-state index >= 15 is 0 Å². The Labute approximate surface area is 142 Å². The Hall–Kier alpha value is -2.70. The summed E-state index contributed by atoms with van der Waals surface area (Å²) >= 11 is 0. The smallest absolute Gasteiger partial charge is 0.321 e. The van der Waals surface area contributed by atoms with Crippen molar-refractivity contribution in [3.05, 3.63) is 36.2 Å². The number of aromatic nitrogens is 2. The van der Waals surface area contributed by atoms with E-state index in [-0.39, 0.29) is 6.03 Å². The average molecular weight is 332 g/mol. The van der Waals surface area contributed by atoms with E-state index in [0.29, 0.717) is 31.1 Å². The Morgan fingerprint density at radius 3 is 2.67 bits per heavy atom. The molecule has 0 fully saturated rings. The number of nitrogens with zero attached hydrogens (tertiary/aromatic N) is 3. The van der Waals surface area contributed by atoms with E-state index in [2.05, 4.69) is 10.4 Å². The van der Waals surface area contributed by atoms with Crippen LogP contribution in [0.3, 0.4) is 0 Å². The minimum atomic E-state index is -0.164. The third-order valence-corrected chi connectivity index (χ3v) is 3.57. The highest BCUT2D eigenvalue weighted by molar-refractivity contribution is 5.89. The fourth-order valence-corrected chi connectivity index (χ4v) is 2.26. The number of carbonyl (C=O) groups is 1. The molecule has 0 radical (unpaired) electrons. The van der Waals surface area contributed by atoms with Crippen LogP contribution in [0.15, 0.2) is 30.5 Å². The summed E-state index contributed by atoms with van der Waals surface area (Å²) in [6.07, 6.45) is 2.50. The molecule has 0 saturated carbocycles. The van der Waals surface area contributed by atoms with Gasteiger partial charge in [-0.1, -0.05) is 12.1 Å². The van der Waals surface area contributed by atoms with Gasteiger partial charge in [-0.15, -0.1) is 0 Å². The molecule has 0 unspecified atom stereocenters. The van der Waals surface area contributed by atoms with Crippen molar-refractivity contribution in [2.75, 3.05) is 32.6 Å². The van der Waals surface area contributed by atoms with Gasteiger partial charge in [0.2, 0.25) is 0 Å². The average Bonchev–Trinajstić information content (AvgIpc) is 2.89. The summed E-state index contributed by atoms with van der Waals surface area (Å²) < 4.78 is 12.6. The first-order valence-corrected chi connectivity index (χ1v) is 7.79. The Bertz CT molecular complexity index is 684. The highest BCUT2D eigenvalue weighted by Crippen LogP contribution is 2.25. The van der Waals surface area contributed by atoms with Gasteiger partial charge in [0.15, 0.2) is 11.5 Å². The number of anilines is 1. The molecule has 0 atom stereocenters. The van der Waals surface area contributed by atoms with Crippen LogP contribution in [0.4, 0.5) is 10.5 Å². The molecule has 1 N–H and O–H groups in total. The Morgan fingerprint density at radius 1 is 1.33 bits per heavy atom. The standard InChI is InChI=1S/C17H24N4O3/c1-13-14(12-21(3)19-13)18-17(22)20(2)10-7-11-24-16-9-6-5-8-15(16)23-4/h5-6,8-9,12H,7,10-11H2,1-4H3,(H,18,22). The number of ether oxygens (including phenoxy) is 2. The molecule has 2 amide bonds. The second-order valence-corrected chi connectivity index (χ2v) is 5.51. The van der Waals surface area contributed by atoms with E-state index in [1.807, 2.05) is 38.2 Å². The van der Waals surface area contributed by atoms with Crippen molar-refractivity contribution in [3.8, 4) is 11.5 Å². The highest BCUT2D eigenvalue weighted by Gasteiger charge is 2.12. The highest BCUT2D eigenvalue weighted by atomic mass is 16.5. The van der Waals surface area contributed by atoms with E-state index in [4.69, 9.17) is 9.47 Å². The monoisotopic (exact) mass is 332 g/mol. The number of carbonyl (C=O) groups excluding carboxylic acids is 1. The largest absolute Gasteiger partial charge is 0.493 e. The molecule has 2 rings (SSSR count). The number of hydrogen-bond acceptors (Lipinski definition) is 4. The summed E-state index contributed by atoms with van der Waals surface area (Å²) in [7, 11) is 5.19. The van der Waals surface area contributed by atoms with E-state index in [0.717, 1.165) is 11.4 Å². The Balaban J connectivity index is 1.75. The number of hydrogen-bond donors (Lipinski definition) is 1. The molecule has 24 heavy (non-hydrogen) atoms. The van der Waals surface area contributed by atoms with Gasteiger partial charge in [-0.2, -0.15) is 5.10 Å². The van der Waals surface area contributed by atoms with Crippen molar-refractivity contribution < 1.29 is 14.3 Å². The van der Waals surface area contributed by atoms with Gasteiger partial charge < -0.3 is 19.7 Å². The van der Waals surface area contributed by atoms with Gasteiger partial charge in [-0.05, 0) is 25.5 Å². The SMILES string of the molecule is COc1ccccc1OCCCN(C)C(=O)Nc1cn(C)nc1C. The first kappa shape index (κ1) is 17.7. The van der Waals surface area contributed by atoms with Gasteiger partial charge in [-0.3, -0.25) is 4.68 Å². The minimum Gasteiger partial charge on any atom is -0.493 e. The quantitative estimate of drug-likeness (QED) is 0.792. The first-order valence-electron chi connectivity index (χ1n) is 7.79. The zero-order chi connectivity index (χ0) is 17.5. The maximum Gasteiger partial charge on any atom is 0.321 e. The lowest BCUT2D eigenvalue weighted by Gasteiger charge is -2.18. The summed E-state index contributed by atoms with van der Waals surface area (Å²) in [4.78, 5) is 13.8. The number of urea groups is 1. The van der Waals surface area contributed by atoms with E-state index < -0.39 is 0 Å². The predicted molar refractivity (Wildman–Crippen MR) is 92.7 cm³/mol. The molecular weight excluding hydrogens is 308 g/mol. The topological polar surface area (TPSA) is 68.6 Å². The molecule has 1 heterocycles. The molecule has 7 nitrogen and oxygen atoms in total. The predicted octanol–water partition coefficient (Wildman–Crippen LogP) is 2.67. The summed E-state index contributed by atoms with van der Waals surface area (Å²) in [5.41, 5.74) is 1.51. The third-order valence-electron chi connectivity index (χ3n) is 3.57. The van der Waals surface area contributed by atoms with Crippen LogP contribution < -0.4 is 14.8 Å². The van der Waals surface area contributed by atoms with Crippen molar-refractivity contribution in [1.29, 1.82) is 0 Å². The molecule has 2 aromatic rings. The number of nitrogens with one attached hydrogen (secondary N) is 1. The minimum absolute atomic E-state index is 0.164. The molecule has 1 aromatic heterocycles. The number of para-hydroxylation sites is 2. The van der Waals surface area contributed by atoms with Gasteiger partial charge >= 0.3 is 6.03 Å². The molecule has 130 valence electrons. The fourth-order valence-electron chi connectivity index (χ4n) is 2.26. The lowest BCUT2D eigenvalue weighted by Crippen LogP contribution is -2.32. The van der Waals surface area contributed by atoms with Crippen LogP contribution in [-0.4, -0.2) is 48.0 Å². The molecule has 0 aliphatic carbocycles. The second kappa shape index (κ2) is 8.24. The van der Waals surface area contributed by atoms with Gasteiger partial charge in [-0.25, -0.2) is 4.79 Å².